The number of aryl methyl sites for hydroxylation is 1. The van der Waals surface area contributed by atoms with Gasteiger partial charge in [0.15, 0.2) is 0 Å². The molecule has 1 aliphatic heterocycles. The highest BCUT2D eigenvalue weighted by atomic mass is 35.5. The van der Waals surface area contributed by atoms with Crippen LogP contribution in [0.25, 0.3) is 0 Å². The van der Waals surface area contributed by atoms with Crippen LogP contribution in [0.1, 0.15) is 12.0 Å². The molecule has 0 radical (unpaired) electrons. The lowest BCUT2D eigenvalue weighted by Gasteiger charge is -2.11. The van der Waals surface area contributed by atoms with E-state index < -0.39 is 0 Å². The molecule has 1 aromatic rings. The molecule has 0 bridgehead atoms. The van der Waals surface area contributed by atoms with E-state index in [0.29, 0.717) is 10.7 Å². The van der Waals surface area contributed by atoms with E-state index in [9.17, 15) is 4.79 Å². The second-order valence-corrected chi connectivity index (χ2v) is 4.57. The van der Waals surface area contributed by atoms with E-state index in [4.69, 9.17) is 11.6 Å². The van der Waals surface area contributed by atoms with Crippen molar-refractivity contribution in [3.8, 4) is 0 Å². The number of hydrogen-bond acceptors (Lipinski definition) is 2. The van der Waals surface area contributed by atoms with Crippen molar-refractivity contribution in [3.63, 3.8) is 0 Å². The molecule has 1 aromatic carbocycles. The summed E-state index contributed by atoms with van der Waals surface area (Å²) in [6.45, 7) is 3.65. The molecule has 0 aromatic heterocycles. The van der Waals surface area contributed by atoms with Crippen molar-refractivity contribution in [2.45, 2.75) is 13.3 Å². The molecule has 16 heavy (non-hydrogen) atoms. The van der Waals surface area contributed by atoms with Gasteiger partial charge in [0, 0.05) is 6.54 Å². The number of benzene rings is 1. The fourth-order valence-electron chi connectivity index (χ4n) is 1.85. The van der Waals surface area contributed by atoms with Crippen LogP contribution in [0.3, 0.4) is 0 Å². The maximum absolute atomic E-state index is 11.9. The lowest BCUT2D eigenvalue weighted by atomic mass is 10.1. The number of carbonyl (C=O) groups excluding carboxylic acids is 1. The highest BCUT2D eigenvalue weighted by molar-refractivity contribution is 6.33. The van der Waals surface area contributed by atoms with Gasteiger partial charge in [0.2, 0.25) is 5.91 Å². The van der Waals surface area contributed by atoms with Crippen LogP contribution in [0.15, 0.2) is 18.2 Å². The summed E-state index contributed by atoms with van der Waals surface area (Å²) in [5.41, 5.74) is 1.79. The van der Waals surface area contributed by atoms with Gasteiger partial charge < -0.3 is 10.6 Å². The van der Waals surface area contributed by atoms with Crippen LogP contribution in [0.5, 0.6) is 0 Å². The van der Waals surface area contributed by atoms with Crippen molar-refractivity contribution in [2.75, 3.05) is 18.4 Å². The fraction of sp³-hybridized carbons (Fsp3) is 0.417. The third-order valence-electron chi connectivity index (χ3n) is 2.81. The van der Waals surface area contributed by atoms with Gasteiger partial charge in [0.25, 0.3) is 0 Å². The molecule has 2 N–H and O–H groups in total. The second kappa shape index (κ2) is 4.85. The Kier molecular flexibility index (Phi) is 3.46. The van der Waals surface area contributed by atoms with Crippen LogP contribution in [-0.4, -0.2) is 19.0 Å². The fourth-order valence-corrected chi connectivity index (χ4v) is 2.01. The highest BCUT2D eigenvalue weighted by Crippen LogP contribution is 2.23. The minimum absolute atomic E-state index is 0.0532. The lowest BCUT2D eigenvalue weighted by Crippen LogP contribution is -2.24. The standard InChI is InChI=1S/C12H15ClN2O/c1-8-2-3-10(13)11(6-8)15-12(16)9-4-5-14-7-9/h2-3,6,9,14H,4-5,7H2,1H3,(H,15,16). The van der Waals surface area contributed by atoms with Gasteiger partial charge in [0.1, 0.15) is 0 Å². The van der Waals surface area contributed by atoms with Gasteiger partial charge >= 0.3 is 0 Å². The molecule has 0 saturated carbocycles. The Morgan fingerprint density at radius 3 is 3.06 bits per heavy atom. The molecule has 1 fully saturated rings. The summed E-state index contributed by atoms with van der Waals surface area (Å²) in [5.74, 6) is 0.120. The predicted octanol–water partition coefficient (Wildman–Crippen LogP) is 2.20. The summed E-state index contributed by atoms with van der Waals surface area (Å²) in [7, 11) is 0. The first-order valence-electron chi connectivity index (χ1n) is 5.44. The van der Waals surface area contributed by atoms with Gasteiger partial charge in [-0.15, -0.1) is 0 Å². The van der Waals surface area contributed by atoms with E-state index in [1.54, 1.807) is 6.07 Å². The molecule has 4 heteroatoms. The van der Waals surface area contributed by atoms with Crippen LogP contribution >= 0.6 is 11.6 Å². The lowest BCUT2D eigenvalue weighted by molar-refractivity contribution is -0.119. The third-order valence-corrected chi connectivity index (χ3v) is 3.14. The minimum atomic E-state index is 0.0532. The summed E-state index contributed by atoms with van der Waals surface area (Å²) >= 11 is 6.02. The maximum Gasteiger partial charge on any atom is 0.228 e. The molecular formula is C12H15ClN2O. The van der Waals surface area contributed by atoms with E-state index in [1.165, 1.54) is 0 Å². The largest absolute Gasteiger partial charge is 0.324 e. The normalized spacial score (nSPS) is 19.8. The van der Waals surface area contributed by atoms with Crippen LogP contribution in [-0.2, 0) is 4.79 Å². The van der Waals surface area contributed by atoms with E-state index in [0.717, 1.165) is 25.1 Å². The van der Waals surface area contributed by atoms with Gasteiger partial charge in [0.05, 0.1) is 16.6 Å². The molecule has 1 unspecified atom stereocenters. The van der Waals surface area contributed by atoms with E-state index in [-0.39, 0.29) is 11.8 Å². The average Bonchev–Trinajstić information content (AvgIpc) is 2.76. The second-order valence-electron chi connectivity index (χ2n) is 4.16. The minimum Gasteiger partial charge on any atom is -0.324 e. The molecule has 86 valence electrons. The van der Waals surface area contributed by atoms with Crippen molar-refractivity contribution >= 4 is 23.2 Å². The summed E-state index contributed by atoms with van der Waals surface area (Å²) in [6, 6.07) is 5.62. The van der Waals surface area contributed by atoms with Crippen molar-refractivity contribution in [1.82, 2.24) is 5.32 Å². The van der Waals surface area contributed by atoms with Gasteiger partial charge in [-0.3, -0.25) is 4.79 Å². The zero-order valence-corrected chi connectivity index (χ0v) is 9.97. The first-order chi connectivity index (χ1) is 7.66. The number of carbonyl (C=O) groups is 1. The van der Waals surface area contributed by atoms with Crippen LogP contribution < -0.4 is 10.6 Å². The summed E-state index contributed by atoms with van der Waals surface area (Å²) in [5, 5.41) is 6.64. The molecule has 1 saturated heterocycles. The SMILES string of the molecule is Cc1ccc(Cl)c(NC(=O)C2CCNC2)c1. The molecule has 2 rings (SSSR count). The van der Waals surface area contributed by atoms with Crippen LogP contribution in [0.2, 0.25) is 5.02 Å². The van der Waals surface area contributed by atoms with E-state index in [1.807, 2.05) is 19.1 Å². The van der Waals surface area contributed by atoms with E-state index >= 15 is 0 Å². The number of amides is 1. The maximum atomic E-state index is 11.9. The average molecular weight is 239 g/mol. The van der Waals surface area contributed by atoms with Crippen LogP contribution in [0.4, 0.5) is 5.69 Å². The Balaban J connectivity index is 2.07. The Bertz CT molecular complexity index is 400. The highest BCUT2D eigenvalue weighted by Gasteiger charge is 2.22. The number of nitrogens with one attached hydrogen (secondary N) is 2. The molecule has 0 spiro atoms. The third kappa shape index (κ3) is 2.54. The monoisotopic (exact) mass is 238 g/mol. The summed E-state index contributed by atoms with van der Waals surface area (Å²) in [6.07, 6.45) is 0.898. The number of rotatable bonds is 2. The van der Waals surface area contributed by atoms with E-state index in [2.05, 4.69) is 10.6 Å². The van der Waals surface area contributed by atoms with Gasteiger partial charge in [-0.25, -0.2) is 0 Å². The van der Waals surface area contributed by atoms with Crippen molar-refractivity contribution in [3.05, 3.63) is 28.8 Å². The Morgan fingerprint density at radius 2 is 2.38 bits per heavy atom. The van der Waals surface area contributed by atoms with Gasteiger partial charge in [-0.1, -0.05) is 17.7 Å². The number of hydrogen-bond donors (Lipinski definition) is 2. The Labute approximate surface area is 100 Å². The molecule has 3 nitrogen and oxygen atoms in total. The zero-order chi connectivity index (χ0) is 11.5. The Morgan fingerprint density at radius 1 is 1.56 bits per heavy atom. The predicted molar refractivity (Wildman–Crippen MR) is 65.8 cm³/mol. The number of halogens is 1. The van der Waals surface area contributed by atoms with Crippen molar-refractivity contribution < 1.29 is 4.79 Å². The molecular weight excluding hydrogens is 224 g/mol. The molecule has 1 heterocycles. The zero-order valence-electron chi connectivity index (χ0n) is 9.22. The van der Waals surface area contributed by atoms with Gasteiger partial charge in [-0.05, 0) is 37.6 Å². The smallest absolute Gasteiger partial charge is 0.228 e. The van der Waals surface area contributed by atoms with Crippen molar-refractivity contribution in [2.24, 2.45) is 5.92 Å². The topological polar surface area (TPSA) is 41.1 Å². The molecule has 0 aliphatic carbocycles. The van der Waals surface area contributed by atoms with Gasteiger partial charge in [-0.2, -0.15) is 0 Å². The summed E-state index contributed by atoms with van der Waals surface area (Å²) in [4.78, 5) is 11.9. The van der Waals surface area contributed by atoms with Crippen molar-refractivity contribution in [1.29, 1.82) is 0 Å². The number of anilines is 1. The molecule has 1 atom stereocenters. The quantitative estimate of drug-likeness (QED) is 0.830. The molecule has 1 amide bonds. The molecule has 1 aliphatic rings. The van der Waals surface area contributed by atoms with Crippen LogP contribution in [0, 0.1) is 12.8 Å². The Hall–Kier alpha value is -1.06. The first-order valence-corrected chi connectivity index (χ1v) is 5.82. The first kappa shape index (κ1) is 11.4. The summed E-state index contributed by atoms with van der Waals surface area (Å²) < 4.78 is 0.